The SMILES string of the molecule is C#C.C#C.C#C.C#C.CC(O)[C@H](N)C(=O)O.CC(O)[C@H](N)C(=O)O.C[C@@H](O)[C@@H](N)C(=O)O.C[C@@H](O)[C@@H](N)C(=O)O.C[C@@H](O)[C@H](N)C(=O)O. The summed E-state index contributed by atoms with van der Waals surface area (Å²) in [5, 5.41) is 82.8. The number of rotatable bonds is 10. The minimum Gasteiger partial charge on any atom is -0.480 e. The Bertz CT molecular complexity index is 739. The number of hydrogen-bond donors (Lipinski definition) is 15. The fraction of sp³-hybridized carbons (Fsp3) is 0.536. The Morgan fingerprint density at radius 2 is 0.396 bits per heavy atom. The van der Waals surface area contributed by atoms with Gasteiger partial charge in [-0.3, -0.25) is 24.0 Å². The number of carboxylic acids is 5. The van der Waals surface area contributed by atoms with Crippen LogP contribution in [0.2, 0.25) is 0 Å². The molecule has 0 amide bonds. The molecule has 2 unspecified atom stereocenters. The number of hydrogen-bond acceptors (Lipinski definition) is 15. The van der Waals surface area contributed by atoms with Crippen molar-refractivity contribution in [2.24, 2.45) is 28.7 Å². The highest BCUT2D eigenvalue weighted by Gasteiger charge is 2.18. The maximum absolute atomic E-state index is 9.86. The quantitative estimate of drug-likeness (QED) is 0.0948. The van der Waals surface area contributed by atoms with Crippen molar-refractivity contribution >= 4 is 29.8 Å². The van der Waals surface area contributed by atoms with Crippen LogP contribution in [0.1, 0.15) is 34.6 Å². The van der Waals surface area contributed by atoms with Crippen LogP contribution < -0.4 is 28.7 Å². The summed E-state index contributed by atoms with van der Waals surface area (Å²) >= 11 is 0. The molecule has 0 bridgehead atoms. The zero-order chi connectivity index (χ0) is 41.7. The number of carboxylic acid groups (broad SMARTS) is 5. The summed E-state index contributed by atoms with van der Waals surface area (Å²) in [7, 11) is 0. The van der Waals surface area contributed by atoms with E-state index in [1.54, 1.807) is 0 Å². The van der Waals surface area contributed by atoms with E-state index >= 15 is 0 Å². The van der Waals surface area contributed by atoms with Gasteiger partial charge in [0.05, 0.1) is 30.5 Å². The Kier molecular flexibility index (Phi) is 60.7. The smallest absolute Gasteiger partial charge is 0.323 e. The highest BCUT2D eigenvalue weighted by Crippen LogP contribution is 1.88. The molecule has 0 aromatic rings. The Morgan fingerprint density at radius 1 is 0.333 bits per heavy atom. The third-order valence-electron chi connectivity index (χ3n) is 4.02. The Balaban J connectivity index is -0.0000000536. The van der Waals surface area contributed by atoms with E-state index in [-0.39, 0.29) is 0 Å². The number of aliphatic hydroxyl groups excluding tert-OH is 5. The molecule has 0 radical (unpaired) electrons. The summed E-state index contributed by atoms with van der Waals surface area (Å²) in [6.07, 6.45) is 27.1. The molecular formula is C28H53N5O15. The fourth-order valence-electron chi connectivity index (χ4n) is 1.03. The van der Waals surface area contributed by atoms with E-state index in [4.69, 9.17) is 79.7 Å². The topological polar surface area (TPSA) is 418 Å². The van der Waals surface area contributed by atoms with Crippen LogP contribution in [0, 0.1) is 51.4 Å². The summed E-state index contributed by atoms with van der Waals surface area (Å²) in [6.45, 7) is 6.66. The van der Waals surface area contributed by atoms with E-state index < -0.39 is 90.6 Å². The molecule has 0 aliphatic heterocycles. The second-order valence-corrected chi connectivity index (χ2v) is 8.02. The molecule has 0 heterocycles. The van der Waals surface area contributed by atoms with Gasteiger partial charge in [0.1, 0.15) is 30.2 Å². The van der Waals surface area contributed by atoms with Gasteiger partial charge in [0, 0.05) is 0 Å². The van der Waals surface area contributed by atoms with E-state index in [0.29, 0.717) is 0 Å². The number of nitrogens with two attached hydrogens (primary N) is 5. The predicted octanol–water partition coefficient (Wildman–Crippen LogP) is -5.11. The first-order chi connectivity index (χ1) is 21.8. The molecule has 0 fully saturated rings. The lowest BCUT2D eigenvalue weighted by atomic mass is 10.2. The minimum atomic E-state index is -1.18. The van der Waals surface area contributed by atoms with Crippen LogP contribution in [0.5, 0.6) is 0 Å². The van der Waals surface area contributed by atoms with E-state index in [0.717, 1.165) is 0 Å². The van der Waals surface area contributed by atoms with Gasteiger partial charge < -0.3 is 79.7 Å². The third kappa shape index (κ3) is 53.7. The van der Waals surface area contributed by atoms with Crippen molar-refractivity contribution < 1.29 is 75.0 Å². The second-order valence-electron chi connectivity index (χ2n) is 8.02. The minimum absolute atomic E-state index is 0.979. The van der Waals surface area contributed by atoms with Crippen LogP contribution >= 0.6 is 0 Å². The largest absolute Gasteiger partial charge is 0.480 e. The summed E-state index contributed by atoms with van der Waals surface area (Å²) in [6, 6.07) is -5.79. The molecule has 0 saturated carbocycles. The van der Waals surface area contributed by atoms with Gasteiger partial charge in [-0.15, -0.1) is 51.4 Å². The van der Waals surface area contributed by atoms with E-state index in [1.165, 1.54) is 34.6 Å². The van der Waals surface area contributed by atoms with Gasteiger partial charge in [0.2, 0.25) is 0 Å². The van der Waals surface area contributed by atoms with Gasteiger partial charge in [-0.25, -0.2) is 0 Å². The molecule has 0 aromatic heterocycles. The van der Waals surface area contributed by atoms with E-state index in [2.05, 4.69) is 51.4 Å². The molecule has 20 heteroatoms. The van der Waals surface area contributed by atoms with Gasteiger partial charge in [0.25, 0.3) is 0 Å². The van der Waals surface area contributed by atoms with Crippen LogP contribution in [0.3, 0.4) is 0 Å². The zero-order valence-corrected chi connectivity index (χ0v) is 27.3. The first-order valence-electron chi connectivity index (χ1n) is 12.4. The summed E-state index contributed by atoms with van der Waals surface area (Å²) < 4.78 is 0. The average molecular weight is 700 g/mol. The molecule has 0 aliphatic carbocycles. The summed E-state index contributed by atoms with van der Waals surface area (Å²) in [4.78, 5) is 49.3. The fourth-order valence-corrected chi connectivity index (χ4v) is 1.03. The maximum Gasteiger partial charge on any atom is 0.323 e. The van der Waals surface area contributed by atoms with Gasteiger partial charge in [0.15, 0.2) is 0 Å². The molecular weight excluding hydrogens is 646 g/mol. The molecule has 48 heavy (non-hydrogen) atoms. The van der Waals surface area contributed by atoms with Crippen molar-refractivity contribution in [1.29, 1.82) is 0 Å². The molecule has 0 aromatic carbocycles. The van der Waals surface area contributed by atoms with E-state index in [1.807, 2.05) is 0 Å². The van der Waals surface area contributed by atoms with Gasteiger partial charge in [-0.05, 0) is 34.6 Å². The number of aliphatic hydroxyl groups is 5. The Hall–Kier alpha value is -4.81. The molecule has 20 nitrogen and oxygen atoms in total. The lowest BCUT2D eigenvalue weighted by Crippen LogP contribution is -2.39. The number of carbonyl (C=O) groups is 5. The molecule has 280 valence electrons. The van der Waals surface area contributed by atoms with Crippen molar-refractivity contribution in [3.8, 4) is 51.4 Å². The molecule has 0 aliphatic rings. The standard InChI is InChI=1S/5C4H9NO3.4C2H2/c5*1-2(6)3(5)4(7)8;4*1-2/h5*2-3,6H,5H2,1H3,(H,7,8);4*1-2H/t2*2?,3-;2-,3+;2*2-,3-;;;;/m00111..../s1. The van der Waals surface area contributed by atoms with Gasteiger partial charge in [-0.2, -0.15) is 0 Å². The molecule has 0 spiro atoms. The van der Waals surface area contributed by atoms with Crippen molar-refractivity contribution in [2.45, 2.75) is 95.3 Å². The number of terminal acetylenes is 4. The Morgan fingerprint density at radius 3 is 0.396 bits per heavy atom. The lowest BCUT2D eigenvalue weighted by molar-refractivity contribution is -0.141. The highest BCUT2D eigenvalue weighted by atomic mass is 16.4. The normalized spacial score (nSPS) is 14.6. The van der Waals surface area contributed by atoms with Crippen LogP contribution in [-0.4, -0.2) is 142 Å². The summed E-state index contributed by atoms with van der Waals surface area (Å²) in [5.74, 6) is -5.90. The van der Waals surface area contributed by atoms with Gasteiger partial charge >= 0.3 is 29.8 Å². The molecule has 0 rings (SSSR count). The van der Waals surface area contributed by atoms with E-state index in [9.17, 15) is 24.0 Å². The van der Waals surface area contributed by atoms with Gasteiger partial charge in [-0.1, -0.05) is 0 Å². The van der Waals surface area contributed by atoms with Crippen molar-refractivity contribution in [3.05, 3.63) is 0 Å². The zero-order valence-electron chi connectivity index (χ0n) is 27.3. The van der Waals surface area contributed by atoms with Crippen LogP contribution in [0.15, 0.2) is 0 Å². The average Bonchev–Trinajstić information content (AvgIpc) is 3.03. The van der Waals surface area contributed by atoms with Crippen LogP contribution in [0.25, 0.3) is 0 Å². The third-order valence-corrected chi connectivity index (χ3v) is 4.02. The monoisotopic (exact) mass is 699 g/mol. The summed E-state index contributed by atoms with van der Waals surface area (Å²) in [5.41, 5.74) is 24.5. The number of aliphatic carboxylic acids is 5. The van der Waals surface area contributed by atoms with Crippen molar-refractivity contribution in [3.63, 3.8) is 0 Å². The Labute approximate surface area is 280 Å². The first-order valence-corrected chi connectivity index (χ1v) is 12.4. The van der Waals surface area contributed by atoms with Crippen LogP contribution in [0.4, 0.5) is 0 Å². The van der Waals surface area contributed by atoms with Crippen molar-refractivity contribution in [2.75, 3.05) is 0 Å². The first kappa shape index (κ1) is 65.8. The predicted molar refractivity (Wildman–Crippen MR) is 176 cm³/mol. The lowest BCUT2D eigenvalue weighted by Gasteiger charge is -2.07. The van der Waals surface area contributed by atoms with Crippen molar-refractivity contribution in [1.82, 2.24) is 0 Å². The second kappa shape index (κ2) is 44.3. The van der Waals surface area contributed by atoms with Crippen LogP contribution in [-0.2, 0) is 24.0 Å². The highest BCUT2D eigenvalue weighted by molar-refractivity contribution is 5.75. The molecule has 0 saturated heterocycles. The molecule has 10 atom stereocenters. The molecule has 20 N–H and O–H groups in total. The maximum atomic E-state index is 9.86.